The number of carbonyl (C=O) groups excluding carboxylic acids is 3. The van der Waals surface area contributed by atoms with E-state index in [4.69, 9.17) is 18.9 Å². The van der Waals surface area contributed by atoms with E-state index in [0.717, 1.165) is 0 Å². The molecule has 0 aromatic heterocycles. The summed E-state index contributed by atoms with van der Waals surface area (Å²) in [5.41, 5.74) is 0. The average molecular weight is 316 g/mol. The molecule has 22 heavy (non-hydrogen) atoms. The highest BCUT2D eigenvalue weighted by Crippen LogP contribution is 2.13. The van der Waals surface area contributed by atoms with Crippen LogP contribution in [0.1, 0.15) is 12.8 Å². The molecule has 2 heterocycles. The molecule has 2 rings (SSSR count). The van der Waals surface area contributed by atoms with E-state index >= 15 is 0 Å². The van der Waals surface area contributed by atoms with Crippen molar-refractivity contribution in [3.63, 3.8) is 0 Å². The fourth-order valence-corrected chi connectivity index (χ4v) is 1.69. The van der Waals surface area contributed by atoms with Crippen LogP contribution >= 0.6 is 0 Å². The Labute approximate surface area is 126 Å². The first-order valence-corrected chi connectivity index (χ1v) is 6.66. The molecule has 2 fully saturated rings. The van der Waals surface area contributed by atoms with E-state index in [-0.39, 0.29) is 51.3 Å². The molecule has 122 valence electrons. The molecule has 0 saturated carbocycles. The zero-order chi connectivity index (χ0) is 15.9. The topological polar surface area (TPSA) is 107 Å². The minimum absolute atomic E-state index is 0.0300. The van der Waals surface area contributed by atoms with Crippen LogP contribution in [0.25, 0.3) is 0 Å². The van der Waals surface area contributed by atoms with E-state index in [0.29, 0.717) is 0 Å². The maximum atomic E-state index is 11.5. The van der Waals surface area contributed by atoms with Gasteiger partial charge in [0.15, 0.2) is 12.2 Å². The molecule has 2 unspecified atom stereocenters. The Balaban J connectivity index is 1.52. The van der Waals surface area contributed by atoms with Crippen LogP contribution in [0.3, 0.4) is 0 Å². The molecule has 0 spiro atoms. The van der Waals surface area contributed by atoms with Crippen LogP contribution < -0.4 is 0 Å². The third-order valence-electron chi connectivity index (χ3n) is 2.77. The van der Waals surface area contributed by atoms with Gasteiger partial charge in [-0.25, -0.2) is 4.79 Å². The Bertz CT molecular complexity index is 416. The molecule has 0 aliphatic carbocycles. The van der Waals surface area contributed by atoms with Gasteiger partial charge in [0.25, 0.3) is 5.95 Å². The van der Waals surface area contributed by atoms with Crippen molar-refractivity contribution < 1.29 is 42.8 Å². The molecule has 0 radical (unpaired) electrons. The molecule has 2 saturated heterocycles. The molecule has 9 nitrogen and oxygen atoms in total. The summed E-state index contributed by atoms with van der Waals surface area (Å²) in [6, 6.07) is 0. The van der Waals surface area contributed by atoms with E-state index in [1.54, 1.807) is 0 Å². The van der Waals surface area contributed by atoms with Crippen molar-refractivity contribution in [2.75, 3.05) is 26.4 Å². The van der Waals surface area contributed by atoms with Gasteiger partial charge in [0.1, 0.15) is 26.4 Å². The van der Waals surface area contributed by atoms with Crippen LogP contribution in [-0.2, 0) is 38.0 Å². The van der Waals surface area contributed by atoms with Crippen molar-refractivity contribution in [1.82, 2.24) is 0 Å². The normalized spacial score (nSPS) is 23.1. The van der Waals surface area contributed by atoms with E-state index in [1.807, 2.05) is 0 Å². The summed E-state index contributed by atoms with van der Waals surface area (Å²) in [5.74, 6) is -0.941. The van der Waals surface area contributed by atoms with Gasteiger partial charge in [-0.3, -0.25) is 9.59 Å². The minimum atomic E-state index is -0.787. The third-order valence-corrected chi connectivity index (χ3v) is 2.77. The second-order valence-electron chi connectivity index (χ2n) is 4.59. The van der Waals surface area contributed by atoms with Crippen molar-refractivity contribution in [3.8, 4) is 0 Å². The van der Waals surface area contributed by atoms with Gasteiger partial charge in [-0.15, -0.1) is 0 Å². The highest BCUT2D eigenvalue weighted by Gasteiger charge is 2.26. The van der Waals surface area contributed by atoms with Crippen LogP contribution in [0.2, 0.25) is 0 Å². The van der Waals surface area contributed by atoms with Crippen LogP contribution in [-0.4, -0.2) is 56.7 Å². The first-order chi connectivity index (χ1) is 10.5. The number of carbonyl (C=O) groups is 3. The van der Waals surface area contributed by atoms with E-state index in [9.17, 15) is 14.4 Å². The van der Waals surface area contributed by atoms with Gasteiger partial charge in [-0.05, 0) is 6.58 Å². The second kappa shape index (κ2) is 7.53. The lowest BCUT2D eigenvalue weighted by Crippen LogP contribution is -2.22. The fourth-order valence-electron chi connectivity index (χ4n) is 1.69. The van der Waals surface area contributed by atoms with Gasteiger partial charge in [0, 0.05) is 0 Å². The number of rotatable bonds is 7. The molecule has 9 heteroatoms. The third kappa shape index (κ3) is 5.15. The van der Waals surface area contributed by atoms with E-state index < -0.39 is 24.2 Å². The lowest BCUT2D eigenvalue weighted by atomic mass is 10.3. The summed E-state index contributed by atoms with van der Waals surface area (Å²) in [5, 5.41) is 0. The van der Waals surface area contributed by atoms with Crippen molar-refractivity contribution >= 4 is 18.1 Å². The molecule has 0 bridgehead atoms. The van der Waals surface area contributed by atoms with Crippen LogP contribution in [0.15, 0.2) is 12.5 Å². The Hall–Kier alpha value is -2.45. The molecule has 2 aliphatic rings. The number of ether oxygens (including phenoxy) is 6. The van der Waals surface area contributed by atoms with Gasteiger partial charge in [0.05, 0.1) is 12.8 Å². The van der Waals surface area contributed by atoms with Crippen molar-refractivity contribution in [1.29, 1.82) is 0 Å². The molecule has 0 aromatic carbocycles. The number of hydrogen-bond donors (Lipinski definition) is 0. The molecule has 2 aliphatic heterocycles. The zero-order valence-corrected chi connectivity index (χ0v) is 11.8. The highest BCUT2D eigenvalue weighted by atomic mass is 16.8. The summed E-state index contributed by atoms with van der Waals surface area (Å²) in [4.78, 5) is 33.5. The molecule has 0 amide bonds. The van der Waals surface area contributed by atoms with E-state index in [1.165, 1.54) is 0 Å². The van der Waals surface area contributed by atoms with Crippen molar-refractivity contribution in [2.45, 2.75) is 25.0 Å². The summed E-state index contributed by atoms with van der Waals surface area (Å²) < 4.78 is 29.1. The SMILES string of the molecule is C=C1OCC(COC(=O)CCC(=O)OCC2COC(=O)O2)O1. The Morgan fingerprint density at radius 3 is 2.00 bits per heavy atom. The first-order valence-electron chi connectivity index (χ1n) is 6.66. The Kier molecular flexibility index (Phi) is 5.45. The summed E-state index contributed by atoms with van der Waals surface area (Å²) in [7, 11) is 0. The Morgan fingerprint density at radius 1 is 1.00 bits per heavy atom. The van der Waals surface area contributed by atoms with Crippen LogP contribution in [0.4, 0.5) is 4.79 Å². The lowest BCUT2D eigenvalue weighted by Gasteiger charge is -2.09. The molecule has 2 atom stereocenters. The monoisotopic (exact) mass is 316 g/mol. The fraction of sp³-hybridized carbons (Fsp3) is 0.615. The first kappa shape index (κ1) is 15.9. The number of esters is 2. The second-order valence-corrected chi connectivity index (χ2v) is 4.59. The summed E-state index contributed by atoms with van der Waals surface area (Å²) in [6.07, 6.45) is -2.01. The highest BCUT2D eigenvalue weighted by molar-refractivity contribution is 5.77. The van der Waals surface area contributed by atoms with Crippen molar-refractivity contribution in [2.24, 2.45) is 0 Å². The number of hydrogen-bond acceptors (Lipinski definition) is 9. The minimum Gasteiger partial charge on any atom is -0.462 e. The van der Waals surface area contributed by atoms with Gasteiger partial charge in [0.2, 0.25) is 0 Å². The maximum Gasteiger partial charge on any atom is 0.508 e. The van der Waals surface area contributed by atoms with E-state index in [2.05, 4.69) is 16.1 Å². The van der Waals surface area contributed by atoms with Gasteiger partial charge in [-0.1, -0.05) is 0 Å². The predicted octanol–water partition coefficient (Wildman–Crippen LogP) is 0.275. The average Bonchev–Trinajstić information content (AvgIpc) is 3.09. The largest absolute Gasteiger partial charge is 0.508 e. The molecular formula is C13H16O9. The zero-order valence-electron chi connectivity index (χ0n) is 11.8. The smallest absolute Gasteiger partial charge is 0.462 e. The van der Waals surface area contributed by atoms with Gasteiger partial charge in [-0.2, -0.15) is 0 Å². The van der Waals surface area contributed by atoms with Crippen LogP contribution in [0.5, 0.6) is 0 Å². The quantitative estimate of drug-likeness (QED) is 0.483. The summed E-state index contributed by atoms with van der Waals surface area (Å²) in [6.45, 7) is 3.71. The Morgan fingerprint density at radius 2 is 1.55 bits per heavy atom. The standard InChI is InChI=1S/C13H16O9/c1-8-17-4-9(21-8)5-18-11(14)2-3-12(15)19-6-10-7-20-13(16)22-10/h9-10H,1-7H2. The maximum absolute atomic E-state index is 11.5. The van der Waals surface area contributed by atoms with Crippen LogP contribution in [0, 0.1) is 0 Å². The van der Waals surface area contributed by atoms with Crippen molar-refractivity contribution in [3.05, 3.63) is 12.5 Å². The molecule has 0 aromatic rings. The number of cyclic esters (lactones) is 2. The molecule has 0 N–H and O–H groups in total. The summed E-state index contributed by atoms with van der Waals surface area (Å²) >= 11 is 0. The molecular weight excluding hydrogens is 300 g/mol. The predicted molar refractivity (Wildman–Crippen MR) is 67.3 cm³/mol. The van der Waals surface area contributed by atoms with Gasteiger partial charge >= 0.3 is 18.1 Å². The van der Waals surface area contributed by atoms with Gasteiger partial charge < -0.3 is 28.4 Å². The lowest BCUT2D eigenvalue weighted by molar-refractivity contribution is -0.152.